The molecule has 0 heterocycles. The van der Waals surface area contributed by atoms with Gasteiger partial charge in [-0.3, -0.25) is 4.79 Å². The largest absolute Gasteiger partial charge is 0.497 e. The van der Waals surface area contributed by atoms with Crippen LogP contribution in [-0.2, 0) is 10.1 Å². The molecular weight excluding hydrogens is 404 g/mol. The summed E-state index contributed by atoms with van der Waals surface area (Å²) in [6, 6.07) is 19.3. The molecule has 0 unspecified atom stereocenters. The molecule has 1 N–H and O–H groups in total. The van der Waals surface area contributed by atoms with Gasteiger partial charge >= 0.3 is 10.1 Å². The first-order chi connectivity index (χ1) is 14.4. The van der Waals surface area contributed by atoms with Crippen molar-refractivity contribution >= 4 is 22.2 Å². The monoisotopic (exact) mass is 424 g/mol. The third-order valence-electron chi connectivity index (χ3n) is 4.13. The molecule has 0 aliphatic heterocycles. The maximum Gasteiger partial charge on any atom is 0.339 e. The molecule has 0 saturated heterocycles. The molecule has 0 radical (unpaired) electrons. The van der Waals surface area contributed by atoms with Crippen LogP contribution in [0.4, 0.5) is 0 Å². The van der Waals surface area contributed by atoms with Crippen molar-refractivity contribution in [3.05, 3.63) is 89.5 Å². The Hall–Kier alpha value is -3.65. The Morgan fingerprint density at radius 3 is 2.10 bits per heavy atom. The fraction of sp³-hybridized carbons (Fsp3) is 0.0909. The second kappa shape index (κ2) is 9.23. The number of benzene rings is 3. The molecule has 0 spiro atoms. The number of nitrogens with zero attached hydrogens (tertiary/aromatic N) is 1. The van der Waals surface area contributed by atoms with Crippen LogP contribution >= 0.6 is 0 Å². The highest BCUT2D eigenvalue weighted by molar-refractivity contribution is 7.87. The second-order valence-corrected chi connectivity index (χ2v) is 7.89. The van der Waals surface area contributed by atoms with E-state index in [1.54, 1.807) is 55.6 Å². The Morgan fingerprint density at radius 1 is 0.900 bits per heavy atom. The summed E-state index contributed by atoms with van der Waals surface area (Å²) < 4.78 is 34.8. The summed E-state index contributed by atoms with van der Waals surface area (Å²) in [7, 11) is -2.36. The third kappa shape index (κ3) is 5.45. The molecule has 3 rings (SSSR count). The van der Waals surface area contributed by atoms with Gasteiger partial charge in [-0.25, -0.2) is 5.43 Å². The Bertz CT molecular complexity index is 1140. The first-order valence-corrected chi connectivity index (χ1v) is 10.4. The number of hydrogen-bond acceptors (Lipinski definition) is 6. The van der Waals surface area contributed by atoms with Gasteiger partial charge in [0.2, 0.25) is 0 Å². The maximum atomic E-state index is 12.3. The molecule has 0 fully saturated rings. The van der Waals surface area contributed by atoms with Crippen LogP contribution in [0.2, 0.25) is 0 Å². The third-order valence-corrected chi connectivity index (χ3v) is 5.39. The van der Waals surface area contributed by atoms with Gasteiger partial charge in [0.25, 0.3) is 5.91 Å². The summed E-state index contributed by atoms with van der Waals surface area (Å²) >= 11 is 0. The molecule has 8 heteroatoms. The molecule has 3 aromatic rings. The summed E-state index contributed by atoms with van der Waals surface area (Å²) in [5.74, 6) is 0.467. The van der Waals surface area contributed by atoms with E-state index in [4.69, 9.17) is 8.92 Å². The summed E-state index contributed by atoms with van der Waals surface area (Å²) in [6.45, 7) is 1.87. The van der Waals surface area contributed by atoms with Crippen molar-refractivity contribution in [3.63, 3.8) is 0 Å². The van der Waals surface area contributed by atoms with Crippen LogP contribution < -0.4 is 14.3 Å². The van der Waals surface area contributed by atoms with E-state index in [9.17, 15) is 13.2 Å². The SMILES string of the molecule is COc1ccc(C(=O)N/N=C\c2ccc(OS(=O)(=O)c3ccc(C)cc3)cc2)cc1. The lowest BCUT2D eigenvalue weighted by Gasteiger charge is -2.07. The minimum Gasteiger partial charge on any atom is -0.497 e. The van der Waals surface area contributed by atoms with Crippen molar-refractivity contribution in [2.45, 2.75) is 11.8 Å². The molecule has 1 amide bonds. The molecule has 0 aliphatic carbocycles. The van der Waals surface area contributed by atoms with E-state index in [0.717, 1.165) is 5.56 Å². The van der Waals surface area contributed by atoms with Crippen molar-refractivity contribution in [1.29, 1.82) is 0 Å². The minimum absolute atomic E-state index is 0.0833. The van der Waals surface area contributed by atoms with Gasteiger partial charge in [0, 0.05) is 5.56 Å². The predicted molar refractivity (Wildman–Crippen MR) is 113 cm³/mol. The average molecular weight is 424 g/mol. The normalized spacial score (nSPS) is 11.3. The molecule has 0 atom stereocenters. The molecule has 30 heavy (non-hydrogen) atoms. The highest BCUT2D eigenvalue weighted by Gasteiger charge is 2.16. The van der Waals surface area contributed by atoms with Crippen molar-refractivity contribution in [3.8, 4) is 11.5 Å². The topological polar surface area (TPSA) is 94.1 Å². The van der Waals surface area contributed by atoms with Crippen molar-refractivity contribution in [1.82, 2.24) is 5.43 Å². The Balaban J connectivity index is 1.59. The smallest absolute Gasteiger partial charge is 0.339 e. The molecule has 0 aromatic heterocycles. The summed E-state index contributed by atoms with van der Waals surface area (Å²) in [5.41, 5.74) is 4.48. The highest BCUT2D eigenvalue weighted by Crippen LogP contribution is 2.19. The van der Waals surface area contributed by atoms with E-state index in [2.05, 4.69) is 10.5 Å². The number of carbonyl (C=O) groups is 1. The Labute approximate surface area is 175 Å². The number of nitrogens with one attached hydrogen (secondary N) is 1. The first-order valence-electron chi connectivity index (χ1n) is 8.96. The zero-order chi connectivity index (χ0) is 21.6. The standard InChI is InChI=1S/C22H20N2O5S/c1-16-3-13-21(14-4-16)30(26,27)29-20-9-5-17(6-10-20)15-23-24-22(25)18-7-11-19(28-2)12-8-18/h3-15H,1-2H3,(H,24,25)/b23-15-. The Kier molecular flexibility index (Phi) is 6.48. The Morgan fingerprint density at radius 2 is 1.50 bits per heavy atom. The molecule has 3 aromatic carbocycles. The van der Waals surface area contributed by atoms with Crippen LogP contribution in [0.25, 0.3) is 0 Å². The average Bonchev–Trinajstić information content (AvgIpc) is 2.75. The number of carbonyl (C=O) groups excluding carboxylic acids is 1. The lowest BCUT2D eigenvalue weighted by Crippen LogP contribution is -2.17. The predicted octanol–water partition coefficient (Wildman–Crippen LogP) is 3.54. The fourth-order valence-electron chi connectivity index (χ4n) is 2.46. The van der Waals surface area contributed by atoms with Gasteiger partial charge < -0.3 is 8.92 Å². The number of hydrazone groups is 1. The zero-order valence-electron chi connectivity index (χ0n) is 16.4. The molecule has 154 valence electrons. The lowest BCUT2D eigenvalue weighted by atomic mass is 10.2. The van der Waals surface area contributed by atoms with Gasteiger partial charge in [-0.1, -0.05) is 17.7 Å². The summed E-state index contributed by atoms with van der Waals surface area (Å²) in [5, 5.41) is 3.91. The number of methoxy groups -OCH3 is 1. The molecule has 0 aliphatic rings. The van der Waals surface area contributed by atoms with Crippen LogP contribution in [0.5, 0.6) is 11.5 Å². The van der Waals surface area contributed by atoms with E-state index in [1.807, 2.05) is 6.92 Å². The quantitative estimate of drug-likeness (QED) is 0.356. The number of ether oxygens (including phenoxy) is 1. The van der Waals surface area contributed by atoms with E-state index >= 15 is 0 Å². The first kappa shape index (κ1) is 21.1. The van der Waals surface area contributed by atoms with Crippen LogP contribution in [0.1, 0.15) is 21.5 Å². The van der Waals surface area contributed by atoms with E-state index in [0.29, 0.717) is 16.9 Å². The van der Waals surface area contributed by atoms with Crippen molar-refractivity contribution < 1.29 is 22.1 Å². The number of amides is 1. The number of hydrogen-bond donors (Lipinski definition) is 1. The van der Waals surface area contributed by atoms with E-state index in [1.165, 1.54) is 30.5 Å². The lowest BCUT2D eigenvalue weighted by molar-refractivity contribution is 0.0955. The number of aryl methyl sites for hydroxylation is 1. The molecular formula is C22H20N2O5S. The number of rotatable bonds is 7. The van der Waals surface area contributed by atoms with Gasteiger partial charge in [-0.15, -0.1) is 0 Å². The maximum absolute atomic E-state index is 12.3. The van der Waals surface area contributed by atoms with Crippen LogP contribution in [0.3, 0.4) is 0 Å². The molecule has 7 nitrogen and oxygen atoms in total. The fourth-order valence-corrected chi connectivity index (χ4v) is 3.39. The van der Waals surface area contributed by atoms with Gasteiger partial charge in [-0.2, -0.15) is 13.5 Å². The van der Waals surface area contributed by atoms with Gasteiger partial charge in [0.1, 0.15) is 16.4 Å². The van der Waals surface area contributed by atoms with Gasteiger partial charge in [0.05, 0.1) is 13.3 Å². The van der Waals surface area contributed by atoms with Crippen molar-refractivity contribution in [2.75, 3.05) is 7.11 Å². The minimum atomic E-state index is -3.91. The van der Waals surface area contributed by atoms with Gasteiger partial charge in [0.15, 0.2) is 0 Å². The summed E-state index contributed by atoms with van der Waals surface area (Å²) in [6.07, 6.45) is 1.44. The van der Waals surface area contributed by atoms with Crippen molar-refractivity contribution in [2.24, 2.45) is 5.10 Å². The summed E-state index contributed by atoms with van der Waals surface area (Å²) in [4.78, 5) is 12.1. The van der Waals surface area contributed by atoms with Crippen LogP contribution in [0.15, 0.2) is 82.8 Å². The van der Waals surface area contributed by atoms with Crippen LogP contribution in [-0.4, -0.2) is 27.6 Å². The highest BCUT2D eigenvalue weighted by atomic mass is 32.2. The molecule has 0 saturated carbocycles. The van der Waals surface area contributed by atoms with E-state index < -0.39 is 10.1 Å². The van der Waals surface area contributed by atoms with E-state index in [-0.39, 0.29) is 16.6 Å². The molecule has 0 bridgehead atoms. The van der Waals surface area contributed by atoms with Gasteiger partial charge in [-0.05, 0) is 73.2 Å². The van der Waals surface area contributed by atoms with Crippen LogP contribution in [0, 0.1) is 6.92 Å². The zero-order valence-corrected chi connectivity index (χ0v) is 17.2. The second-order valence-electron chi connectivity index (χ2n) is 6.35.